The van der Waals surface area contributed by atoms with E-state index in [1.807, 2.05) is 0 Å². The monoisotopic (exact) mass is 217 g/mol. The second-order valence-electron chi connectivity index (χ2n) is 3.95. The first kappa shape index (κ1) is 9.08. The quantitative estimate of drug-likeness (QED) is 0.657. The highest BCUT2D eigenvalue weighted by Crippen LogP contribution is 2.32. The predicted octanol–water partition coefficient (Wildman–Crippen LogP) is -0.0299. The van der Waals surface area contributed by atoms with E-state index in [0.717, 1.165) is 17.5 Å². The molecule has 2 aliphatic rings. The summed E-state index contributed by atoms with van der Waals surface area (Å²) < 4.78 is 0. The van der Waals surface area contributed by atoms with Crippen LogP contribution in [0.15, 0.2) is 12.1 Å². The molecule has 0 aromatic heterocycles. The number of fused-ring (bicyclic) bond motifs is 2. The average molecular weight is 217 g/mol. The summed E-state index contributed by atoms with van der Waals surface area (Å²) in [7, 11) is 0. The maximum absolute atomic E-state index is 11.8. The van der Waals surface area contributed by atoms with Crippen LogP contribution in [0, 0.1) is 0 Å². The number of carboxylic acids is 1. The van der Waals surface area contributed by atoms with Crippen LogP contribution in [0.5, 0.6) is 0 Å². The molecule has 0 fully saturated rings. The molecule has 0 radical (unpaired) electrons. The van der Waals surface area contributed by atoms with Gasteiger partial charge in [-0.15, -0.1) is 0 Å². The Morgan fingerprint density at radius 3 is 2.50 bits per heavy atom. The Labute approximate surface area is 90.1 Å². The number of carbonyl (C=O) groups is 3. The van der Waals surface area contributed by atoms with Crippen molar-refractivity contribution in [3.63, 3.8) is 0 Å². The van der Waals surface area contributed by atoms with Crippen LogP contribution in [0.2, 0.25) is 0 Å². The second kappa shape index (κ2) is 2.69. The second-order valence-corrected chi connectivity index (χ2v) is 3.95. The number of benzene rings is 1. The predicted molar refractivity (Wildman–Crippen MR) is 52.5 cm³/mol. The van der Waals surface area contributed by atoms with E-state index in [0.29, 0.717) is 5.56 Å². The third-order valence-electron chi connectivity index (χ3n) is 2.89. The zero-order chi connectivity index (χ0) is 11.4. The van der Waals surface area contributed by atoms with Gasteiger partial charge in [-0.2, -0.15) is 0 Å². The van der Waals surface area contributed by atoms with Crippen molar-refractivity contribution in [1.82, 2.24) is 5.32 Å². The van der Waals surface area contributed by atoms with Crippen LogP contribution in [-0.2, 0) is 11.2 Å². The summed E-state index contributed by atoms with van der Waals surface area (Å²) in [6, 6.07) is 1.84. The number of nitrogens with one attached hydrogen (secondary N) is 1. The van der Waals surface area contributed by atoms with Gasteiger partial charge in [0.15, 0.2) is 11.8 Å². The summed E-state index contributed by atoms with van der Waals surface area (Å²) in [5.74, 6) is -2.36. The highest BCUT2D eigenvalue weighted by atomic mass is 16.4. The van der Waals surface area contributed by atoms with E-state index >= 15 is 0 Å². The molecule has 0 spiro atoms. The summed E-state index contributed by atoms with van der Waals surface area (Å²) >= 11 is 0. The lowest BCUT2D eigenvalue weighted by Crippen LogP contribution is -2.50. The number of ketones is 1. The van der Waals surface area contributed by atoms with E-state index in [-0.39, 0.29) is 5.56 Å². The Balaban J connectivity index is 2.15. The van der Waals surface area contributed by atoms with Crippen molar-refractivity contribution in [1.29, 1.82) is 0 Å². The van der Waals surface area contributed by atoms with Gasteiger partial charge >= 0.3 is 5.97 Å². The smallest absolute Gasteiger partial charge is 0.334 e. The summed E-state index contributed by atoms with van der Waals surface area (Å²) in [5.41, 5.74) is 2.59. The fourth-order valence-electron chi connectivity index (χ4n) is 1.95. The molecule has 1 heterocycles. The van der Waals surface area contributed by atoms with Gasteiger partial charge in [0.25, 0.3) is 5.91 Å². The van der Waals surface area contributed by atoms with E-state index in [2.05, 4.69) is 5.32 Å². The van der Waals surface area contributed by atoms with Gasteiger partial charge in [0.2, 0.25) is 0 Å². The molecule has 1 aromatic carbocycles. The largest absolute Gasteiger partial charge is 0.479 e. The molecule has 0 saturated heterocycles. The van der Waals surface area contributed by atoms with Gasteiger partial charge in [-0.25, -0.2) is 4.79 Å². The van der Waals surface area contributed by atoms with Crippen molar-refractivity contribution < 1.29 is 19.5 Å². The number of aliphatic carboxylic acids is 1. The average Bonchev–Trinajstić information content (AvgIpc) is 2.98. The van der Waals surface area contributed by atoms with Gasteiger partial charge in [-0.1, -0.05) is 0 Å². The normalized spacial score (nSPS) is 20.9. The molecule has 0 bridgehead atoms. The molecule has 3 rings (SSSR count). The van der Waals surface area contributed by atoms with Gasteiger partial charge in [-0.05, 0) is 29.7 Å². The van der Waals surface area contributed by atoms with Crippen LogP contribution >= 0.6 is 0 Å². The third-order valence-corrected chi connectivity index (χ3v) is 2.89. The zero-order valence-corrected chi connectivity index (χ0v) is 8.11. The molecule has 0 unspecified atom stereocenters. The van der Waals surface area contributed by atoms with Gasteiger partial charge < -0.3 is 10.4 Å². The van der Waals surface area contributed by atoms with Crippen LogP contribution in [0.25, 0.3) is 0 Å². The molecule has 5 heteroatoms. The number of Topliss-reactive ketones (excluding diaryl/α,β-unsaturated/α-hetero) is 1. The van der Waals surface area contributed by atoms with Crippen LogP contribution in [-0.4, -0.2) is 28.8 Å². The first-order valence-corrected chi connectivity index (χ1v) is 4.81. The van der Waals surface area contributed by atoms with E-state index in [9.17, 15) is 14.4 Å². The minimum Gasteiger partial charge on any atom is -0.479 e. The summed E-state index contributed by atoms with van der Waals surface area (Å²) in [5, 5.41) is 11.0. The number of rotatable bonds is 1. The Morgan fingerprint density at radius 1 is 1.25 bits per heavy atom. The van der Waals surface area contributed by atoms with Crippen molar-refractivity contribution >= 4 is 17.7 Å². The molecule has 16 heavy (non-hydrogen) atoms. The van der Waals surface area contributed by atoms with Crippen molar-refractivity contribution in [2.45, 2.75) is 12.5 Å². The fraction of sp³-hybridized carbons (Fsp3) is 0.182. The van der Waals surface area contributed by atoms with Gasteiger partial charge in [0, 0.05) is 5.56 Å². The molecule has 1 aliphatic heterocycles. The molecular formula is C11H7NO4. The van der Waals surface area contributed by atoms with Crippen molar-refractivity contribution in [3.05, 3.63) is 34.4 Å². The molecule has 2 N–H and O–H groups in total. The van der Waals surface area contributed by atoms with Crippen LogP contribution < -0.4 is 5.32 Å². The fourth-order valence-corrected chi connectivity index (χ4v) is 1.95. The first-order valence-electron chi connectivity index (χ1n) is 4.81. The number of hydrogen-bond acceptors (Lipinski definition) is 3. The molecule has 80 valence electrons. The van der Waals surface area contributed by atoms with Crippen LogP contribution in [0.1, 0.15) is 31.8 Å². The van der Waals surface area contributed by atoms with Crippen molar-refractivity contribution in [3.8, 4) is 0 Å². The van der Waals surface area contributed by atoms with Crippen LogP contribution in [0.3, 0.4) is 0 Å². The van der Waals surface area contributed by atoms with Gasteiger partial charge in [-0.3, -0.25) is 9.59 Å². The Morgan fingerprint density at radius 2 is 1.88 bits per heavy atom. The molecule has 5 nitrogen and oxygen atoms in total. The summed E-state index contributed by atoms with van der Waals surface area (Å²) in [6.45, 7) is 0. The van der Waals surface area contributed by atoms with Crippen molar-refractivity contribution in [2.24, 2.45) is 0 Å². The van der Waals surface area contributed by atoms with Gasteiger partial charge in [0.1, 0.15) is 0 Å². The van der Waals surface area contributed by atoms with E-state index in [1.54, 1.807) is 12.1 Å². The van der Waals surface area contributed by atoms with Crippen LogP contribution in [0.4, 0.5) is 0 Å². The SMILES string of the molecule is O=C1N[C@H](C(=O)O)C(=O)c2cc3c(cc21)C3. The maximum Gasteiger partial charge on any atom is 0.334 e. The minimum absolute atomic E-state index is 0.229. The van der Waals surface area contributed by atoms with Crippen molar-refractivity contribution in [2.75, 3.05) is 0 Å². The maximum atomic E-state index is 11.8. The lowest BCUT2D eigenvalue weighted by Gasteiger charge is -2.20. The highest BCUT2D eigenvalue weighted by molar-refractivity contribution is 6.22. The molecule has 0 saturated carbocycles. The number of carbonyl (C=O) groups excluding carboxylic acids is 2. The van der Waals surface area contributed by atoms with E-state index in [4.69, 9.17) is 5.11 Å². The first-order chi connectivity index (χ1) is 7.58. The number of hydrogen-bond donors (Lipinski definition) is 2. The van der Waals surface area contributed by atoms with Gasteiger partial charge in [0.05, 0.1) is 5.56 Å². The van der Waals surface area contributed by atoms with E-state index < -0.39 is 23.7 Å². The lowest BCUT2D eigenvalue weighted by molar-refractivity contribution is -0.137. The standard InChI is InChI=1S/C11H7NO4/c13-9-6-2-4-1-5(4)3-7(6)10(14)12-8(9)11(15)16/h2-3,8H,1H2,(H,12,14)(H,15,16)/t8-/m0/s1. The summed E-state index contributed by atoms with van der Waals surface area (Å²) in [4.78, 5) is 34.2. The third kappa shape index (κ3) is 1.08. The molecule has 1 aliphatic carbocycles. The highest BCUT2D eigenvalue weighted by Gasteiger charge is 2.38. The zero-order valence-electron chi connectivity index (χ0n) is 8.11. The topological polar surface area (TPSA) is 83.5 Å². The molecule has 1 aromatic rings. The Hall–Kier alpha value is -2.17. The molecule has 1 amide bonds. The number of carboxylic acid groups (broad SMARTS) is 1. The van der Waals surface area contributed by atoms with E-state index in [1.165, 1.54) is 0 Å². The molecule has 1 atom stereocenters. The Bertz CT molecular complexity index is 561. The molecular weight excluding hydrogens is 210 g/mol. The lowest BCUT2D eigenvalue weighted by atomic mass is 9.94. The minimum atomic E-state index is -1.45. The summed E-state index contributed by atoms with van der Waals surface area (Å²) in [6.07, 6.45) is 0.783. The number of amides is 1. The Kier molecular flexibility index (Phi) is 1.53.